The molecular weight excluding hydrogens is 249 g/mol. The van der Waals surface area contributed by atoms with Gasteiger partial charge in [0.15, 0.2) is 0 Å². The van der Waals surface area contributed by atoms with Gasteiger partial charge in [0.1, 0.15) is 0 Å². The van der Waals surface area contributed by atoms with Crippen LogP contribution in [0.15, 0.2) is 11.6 Å². The summed E-state index contributed by atoms with van der Waals surface area (Å²) in [6.45, 7) is 2.68. The zero-order valence-electron chi connectivity index (χ0n) is 9.76. The van der Waals surface area contributed by atoms with Gasteiger partial charge in [0.2, 0.25) is 0 Å². The molecule has 1 aromatic heterocycles. The molecule has 0 bridgehead atoms. The van der Waals surface area contributed by atoms with Crippen LogP contribution >= 0.6 is 11.3 Å². The molecule has 0 radical (unpaired) electrons. The summed E-state index contributed by atoms with van der Waals surface area (Å²) in [5, 5.41) is 6.18. The molecule has 2 nitrogen and oxygen atoms in total. The lowest BCUT2D eigenvalue weighted by molar-refractivity contribution is -0.135. The fourth-order valence-corrected chi connectivity index (χ4v) is 2.13. The van der Waals surface area contributed by atoms with Crippen molar-refractivity contribution < 1.29 is 13.2 Å². The van der Waals surface area contributed by atoms with Crippen LogP contribution in [0, 0.1) is 0 Å². The van der Waals surface area contributed by atoms with Crippen molar-refractivity contribution in [1.29, 1.82) is 0 Å². The second kappa shape index (κ2) is 6.96. The second-order valence-electron chi connectivity index (χ2n) is 4.04. The maximum atomic E-state index is 11.9. The van der Waals surface area contributed by atoms with Crippen molar-refractivity contribution in [2.24, 2.45) is 0 Å². The molecular formula is C11H17F3N2S. The van der Waals surface area contributed by atoms with Crippen molar-refractivity contribution in [3.63, 3.8) is 0 Å². The van der Waals surface area contributed by atoms with Crippen LogP contribution in [0.25, 0.3) is 0 Å². The van der Waals surface area contributed by atoms with E-state index in [1.165, 1.54) is 0 Å². The molecule has 1 unspecified atom stereocenters. The Morgan fingerprint density at radius 2 is 2.24 bits per heavy atom. The Morgan fingerprint density at radius 3 is 2.82 bits per heavy atom. The molecule has 0 saturated carbocycles. The van der Waals surface area contributed by atoms with E-state index in [2.05, 4.69) is 10.3 Å². The summed E-state index contributed by atoms with van der Waals surface area (Å²) < 4.78 is 35.7. The topological polar surface area (TPSA) is 24.9 Å². The Kier molecular flexibility index (Phi) is 5.91. The summed E-state index contributed by atoms with van der Waals surface area (Å²) in [5.41, 5.74) is 0. The first-order valence-corrected chi connectivity index (χ1v) is 6.54. The van der Waals surface area contributed by atoms with Crippen LogP contribution in [-0.2, 0) is 6.42 Å². The highest BCUT2D eigenvalue weighted by Gasteiger charge is 2.26. The largest absolute Gasteiger partial charge is 0.389 e. The van der Waals surface area contributed by atoms with Gasteiger partial charge in [-0.1, -0.05) is 0 Å². The highest BCUT2D eigenvalue weighted by molar-refractivity contribution is 7.09. The van der Waals surface area contributed by atoms with Crippen molar-refractivity contribution in [3.8, 4) is 0 Å². The molecule has 1 rings (SSSR count). The summed E-state index contributed by atoms with van der Waals surface area (Å²) in [4.78, 5) is 4.14. The van der Waals surface area contributed by atoms with Crippen LogP contribution < -0.4 is 5.32 Å². The molecule has 1 heterocycles. The number of alkyl halides is 3. The van der Waals surface area contributed by atoms with Gasteiger partial charge in [-0.2, -0.15) is 13.2 Å². The highest BCUT2D eigenvalue weighted by Crippen LogP contribution is 2.22. The molecule has 98 valence electrons. The quantitative estimate of drug-likeness (QED) is 0.818. The first-order valence-electron chi connectivity index (χ1n) is 5.66. The molecule has 0 aliphatic rings. The fraction of sp³-hybridized carbons (Fsp3) is 0.727. The number of hydrogen-bond acceptors (Lipinski definition) is 3. The summed E-state index contributed by atoms with van der Waals surface area (Å²) in [5.74, 6) is 0. The molecule has 1 aromatic rings. The molecule has 0 fully saturated rings. The minimum atomic E-state index is -4.03. The molecule has 0 aromatic carbocycles. The van der Waals surface area contributed by atoms with E-state index in [1.54, 1.807) is 17.5 Å². The van der Waals surface area contributed by atoms with Crippen LogP contribution in [0.3, 0.4) is 0 Å². The third kappa shape index (κ3) is 7.33. The Morgan fingerprint density at radius 1 is 1.47 bits per heavy atom. The third-order valence-corrected chi connectivity index (χ3v) is 3.25. The molecule has 0 spiro atoms. The predicted octanol–water partition coefficient (Wildman–Crippen LogP) is 3.40. The Labute approximate surface area is 103 Å². The van der Waals surface area contributed by atoms with E-state index in [0.29, 0.717) is 6.42 Å². The number of hydrogen-bond donors (Lipinski definition) is 1. The van der Waals surface area contributed by atoms with E-state index in [4.69, 9.17) is 0 Å². The van der Waals surface area contributed by atoms with Gasteiger partial charge in [0, 0.05) is 37.0 Å². The Balaban J connectivity index is 2.03. The monoisotopic (exact) mass is 266 g/mol. The molecule has 6 heteroatoms. The number of thiazole rings is 1. The van der Waals surface area contributed by atoms with E-state index < -0.39 is 12.6 Å². The fourth-order valence-electron chi connectivity index (χ4n) is 1.51. The van der Waals surface area contributed by atoms with E-state index in [0.717, 1.165) is 18.0 Å². The first kappa shape index (κ1) is 14.4. The van der Waals surface area contributed by atoms with Crippen LogP contribution in [0.5, 0.6) is 0 Å². The van der Waals surface area contributed by atoms with Crippen molar-refractivity contribution >= 4 is 11.3 Å². The number of aromatic nitrogens is 1. The van der Waals surface area contributed by atoms with Crippen molar-refractivity contribution in [1.82, 2.24) is 10.3 Å². The van der Waals surface area contributed by atoms with Gasteiger partial charge in [0.25, 0.3) is 0 Å². The van der Waals surface area contributed by atoms with E-state index in [1.807, 2.05) is 12.3 Å². The lowest BCUT2D eigenvalue weighted by atomic mass is 10.1. The minimum Gasteiger partial charge on any atom is -0.314 e. The molecule has 0 aliphatic carbocycles. The predicted molar refractivity (Wildman–Crippen MR) is 63.2 cm³/mol. The third-order valence-electron chi connectivity index (χ3n) is 2.41. The first-order chi connectivity index (χ1) is 7.97. The van der Waals surface area contributed by atoms with Gasteiger partial charge in [0.05, 0.1) is 5.01 Å². The molecule has 0 amide bonds. The summed E-state index contributed by atoms with van der Waals surface area (Å²) >= 11 is 1.60. The molecule has 0 saturated heterocycles. The summed E-state index contributed by atoms with van der Waals surface area (Å²) in [7, 11) is 0. The Bertz CT molecular complexity index is 298. The van der Waals surface area contributed by atoms with Crippen LogP contribution in [-0.4, -0.2) is 23.7 Å². The van der Waals surface area contributed by atoms with Gasteiger partial charge >= 0.3 is 6.18 Å². The lowest BCUT2D eigenvalue weighted by Gasteiger charge is -2.13. The molecule has 1 atom stereocenters. The van der Waals surface area contributed by atoms with Crippen LogP contribution in [0.4, 0.5) is 13.2 Å². The maximum Gasteiger partial charge on any atom is 0.389 e. The standard InChI is InChI=1S/C11H17F3N2S/c1-9(3-2-5-11(12,13)14)15-6-4-10-16-7-8-17-10/h7-9,15H,2-6H2,1H3. The number of nitrogens with one attached hydrogen (secondary N) is 1. The average Bonchev–Trinajstić information content (AvgIpc) is 2.68. The van der Waals surface area contributed by atoms with Crippen molar-refractivity contribution in [2.45, 2.75) is 44.8 Å². The summed E-state index contributed by atoms with van der Waals surface area (Å²) in [6.07, 6.45) is -1.38. The number of nitrogens with zero attached hydrogens (tertiary/aromatic N) is 1. The summed E-state index contributed by atoms with van der Waals surface area (Å²) in [6, 6.07) is 0.123. The van der Waals surface area contributed by atoms with Crippen molar-refractivity contribution in [3.05, 3.63) is 16.6 Å². The molecule has 1 N–H and O–H groups in total. The second-order valence-corrected chi connectivity index (χ2v) is 5.02. The number of halogens is 3. The molecule has 17 heavy (non-hydrogen) atoms. The van der Waals surface area contributed by atoms with Gasteiger partial charge in [-0.15, -0.1) is 11.3 Å². The van der Waals surface area contributed by atoms with Crippen LogP contribution in [0.2, 0.25) is 0 Å². The molecule has 0 aliphatic heterocycles. The smallest absolute Gasteiger partial charge is 0.314 e. The van der Waals surface area contributed by atoms with Gasteiger partial charge in [-0.05, 0) is 19.8 Å². The maximum absolute atomic E-state index is 11.9. The van der Waals surface area contributed by atoms with Gasteiger partial charge in [-0.3, -0.25) is 0 Å². The SMILES string of the molecule is CC(CCCC(F)(F)F)NCCc1nccs1. The van der Waals surface area contributed by atoms with E-state index >= 15 is 0 Å². The minimum absolute atomic E-state index is 0.123. The van der Waals surface area contributed by atoms with Crippen molar-refractivity contribution in [2.75, 3.05) is 6.54 Å². The normalized spacial score (nSPS) is 13.9. The van der Waals surface area contributed by atoms with E-state index in [-0.39, 0.29) is 12.5 Å². The van der Waals surface area contributed by atoms with E-state index in [9.17, 15) is 13.2 Å². The zero-order chi connectivity index (χ0) is 12.7. The Hall–Kier alpha value is -0.620. The number of rotatable bonds is 7. The average molecular weight is 266 g/mol. The van der Waals surface area contributed by atoms with Gasteiger partial charge < -0.3 is 5.32 Å². The highest BCUT2D eigenvalue weighted by atomic mass is 32.1. The zero-order valence-corrected chi connectivity index (χ0v) is 10.6. The van der Waals surface area contributed by atoms with Gasteiger partial charge in [-0.25, -0.2) is 4.98 Å². The van der Waals surface area contributed by atoms with Crippen LogP contribution in [0.1, 0.15) is 31.2 Å². The lowest BCUT2D eigenvalue weighted by Crippen LogP contribution is -2.28.